The molecule has 0 aliphatic carbocycles. The van der Waals surface area contributed by atoms with Gasteiger partial charge in [0.1, 0.15) is 5.02 Å². The molecule has 0 unspecified atom stereocenters. The van der Waals surface area contributed by atoms with E-state index in [4.69, 9.17) is 23.2 Å². The van der Waals surface area contributed by atoms with Gasteiger partial charge in [0, 0.05) is 0 Å². The average molecular weight is 267 g/mol. The van der Waals surface area contributed by atoms with Crippen LogP contribution in [0.25, 0.3) is 11.8 Å². The van der Waals surface area contributed by atoms with Crippen molar-refractivity contribution in [2.24, 2.45) is 0 Å². The minimum atomic E-state index is -0.444. The quantitative estimate of drug-likeness (QED) is 0.837. The molecule has 0 bridgehead atoms. The summed E-state index contributed by atoms with van der Waals surface area (Å²) >= 11 is 11.5. The summed E-state index contributed by atoms with van der Waals surface area (Å²) in [6.07, 6.45) is 3.03. The first-order valence-electron chi connectivity index (χ1n) is 4.79. The van der Waals surface area contributed by atoms with E-state index < -0.39 is 5.56 Å². The Morgan fingerprint density at radius 1 is 1.35 bits per heavy atom. The van der Waals surface area contributed by atoms with Crippen LogP contribution in [0.1, 0.15) is 5.56 Å². The van der Waals surface area contributed by atoms with Gasteiger partial charge in [-0.3, -0.25) is 4.79 Å². The standard InChI is InChI=1S/C12H8Cl2N2O/c1-2-8-4-3-5-9(6-8)16-12(17)11(14)10(13)7-15-16/h2-7H,1H2. The van der Waals surface area contributed by atoms with Crippen LogP contribution in [0.4, 0.5) is 0 Å². The summed E-state index contributed by atoms with van der Waals surface area (Å²) in [4.78, 5) is 11.8. The zero-order valence-electron chi connectivity index (χ0n) is 8.73. The highest BCUT2D eigenvalue weighted by atomic mass is 35.5. The van der Waals surface area contributed by atoms with Crippen molar-refractivity contribution in [3.63, 3.8) is 0 Å². The first kappa shape index (κ1) is 11.9. The highest BCUT2D eigenvalue weighted by Gasteiger charge is 2.08. The molecule has 1 heterocycles. The van der Waals surface area contributed by atoms with Gasteiger partial charge in [-0.2, -0.15) is 9.78 Å². The first-order chi connectivity index (χ1) is 8.13. The molecule has 86 valence electrons. The van der Waals surface area contributed by atoms with E-state index >= 15 is 0 Å². The van der Waals surface area contributed by atoms with Gasteiger partial charge in [-0.05, 0) is 17.7 Å². The van der Waals surface area contributed by atoms with Gasteiger partial charge in [0.05, 0.1) is 16.9 Å². The van der Waals surface area contributed by atoms with Crippen molar-refractivity contribution in [1.82, 2.24) is 9.78 Å². The molecule has 5 heteroatoms. The molecule has 0 fully saturated rings. The number of halogens is 2. The van der Waals surface area contributed by atoms with Crippen LogP contribution >= 0.6 is 23.2 Å². The van der Waals surface area contributed by atoms with Gasteiger partial charge >= 0.3 is 0 Å². The lowest BCUT2D eigenvalue weighted by molar-refractivity contribution is 0.807. The van der Waals surface area contributed by atoms with Gasteiger partial charge in [0.25, 0.3) is 5.56 Å². The Morgan fingerprint density at radius 3 is 2.82 bits per heavy atom. The number of rotatable bonds is 2. The van der Waals surface area contributed by atoms with Crippen LogP contribution in [0.15, 0.2) is 41.8 Å². The summed E-state index contributed by atoms with van der Waals surface area (Å²) < 4.78 is 1.20. The zero-order valence-corrected chi connectivity index (χ0v) is 10.2. The lowest BCUT2D eigenvalue weighted by atomic mass is 10.2. The predicted octanol–water partition coefficient (Wildman–Crippen LogP) is 3.18. The monoisotopic (exact) mass is 266 g/mol. The van der Waals surface area contributed by atoms with Crippen LogP contribution in [0.5, 0.6) is 0 Å². The molecule has 0 spiro atoms. The molecule has 17 heavy (non-hydrogen) atoms. The number of hydrogen-bond acceptors (Lipinski definition) is 2. The fourth-order valence-electron chi connectivity index (χ4n) is 1.38. The molecule has 1 aromatic heterocycles. The fraction of sp³-hybridized carbons (Fsp3) is 0. The van der Waals surface area contributed by atoms with Crippen LogP contribution in [0, 0.1) is 0 Å². The number of aromatic nitrogens is 2. The van der Waals surface area contributed by atoms with Crippen LogP contribution in [-0.4, -0.2) is 9.78 Å². The van der Waals surface area contributed by atoms with E-state index in [1.807, 2.05) is 12.1 Å². The normalized spacial score (nSPS) is 10.2. The van der Waals surface area contributed by atoms with Gasteiger partial charge in [-0.25, -0.2) is 0 Å². The average Bonchev–Trinajstić information content (AvgIpc) is 2.36. The van der Waals surface area contributed by atoms with Gasteiger partial charge in [0.2, 0.25) is 0 Å². The highest BCUT2D eigenvalue weighted by Crippen LogP contribution is 2.16. The number of nitrogens with zero attached hydrogens (tertiary/aromatic N) is 2. The smallest absolute Gasteiger partial charge is 0.266 e. The molecule has 2 aromatic rings. The van der Waals surface area contributed by atoms with E-state index in [1.54, 1.807) is 18.2 Å². The molecule has 0 atom stereocenters. The van der Waals surface area contributed by atoms with Crippen molar-refractivity contribution in [3.05, 3.63) is 63.0 Å². The van der Waals surface area contributed by atoms with Crippen LogP contribution < -0.4 is 5.56 Å². The molecule has 0 aliphatic heterocycles. The van der Waals surface area contributed by atoms with Crippen molar-refractivity contribution in [3.8, 4) is 5.69 Å². The summed E-state index contributed by atoms with van der Waals surface area (Å²) in [5.74, 6) is 0. The van der Waals surface area contributed by atoms with E-state index in [0.29, 0.717) is 5.69 Å². The molecule has 0 saturated carbocycles. The van der Waals surface area contributed by atoms with Gasteiger partial charge < -0.3 is 0 Å². The Kier molecular flexibility index (Phi) is 3.31. The third-order valence-corrected chi connectivity index (χ3v) is 2.98. The van der Waals surface area contributed by atoms with Crippen molar-refractivity contribution in [1.29, 1.82) is 0 Å². The molecule has 1 aromatic carbocycles. The van der Waals surface area contributed by atoms with Crippen LogP contribution in [0.3, 0.4) is 0 Å². The van der Waals surface area contributed by atoms with Crippen molar-refractivity contribution in [2.75, 3.05) is 0 Å². The number of hydrogen-bond donors (Lipinski definition) is 0. The third-order valence-electron chi connectivity index (χ3n) is 2.23. The molecule has 0 N–H and O–H groups in total. The van der Waals surface area contributed by atoms with Crippen LogP contribution in [-0.2, 0) is 0 Å². The largest absolute Gasteiger partial charge is 0.291 e. The summed E-state index contributed by atoms with van der Waals surface area (Å²) in [6.45, 7) is 3.66. The zero-order chi connectivity index (χ0) is 12.4. The Hall–Kier alpha value is -1.58. The van der Waals surface area contributed by atoms with E-state index in [2.05, 4.69) is 11.7 Å². The molecule has 0 amide bonds. The van der Waals surface area contributed by atoms with E-state index in [0.717, 1.165) is 5.56 Å². The molecular formula is C12H8Cl2N2O. The summed E-state index contributed by atoms with van der Waals surface area (Å²) in [6, 6.07) is 7.22. The topological polar surface area (TPSA) is 34.9 Å². The SMILES string of the molecule is C=Cc1cccc(-n2ncc(Cl)c(Cl)c2=O)c1. The third kappa shape index (κ3) is 2.25. The second kappa shape index (κ2) is 4.73. The minimum absolute atomic E-state index is 0.0364. The highest BCUT2D eigenvalue weighted by molar-refractivity contribution is 6.41. The second-order valence-corrected chi connectivity index (χ2v) is 4.11. The maximum atomic E-state index is 11.8. The van der Waals surface area contributed by atoms with Gasteiger partial charge in [-0.15, -0.1) is 0 Å². The first-order valence-corrected chi connectivity index (χ1v) is 5.55. The molecule has 0 saturated heterocycles. The van der Waals surface area contributed by atoms with E-state index in [9.17, 15) is 4.79 Å². The molecular weight excluding hydrogens is 259 g/mol. The van der Waals surface area contributed by atoms with Gasteiger partial charge in [-0.1, -0.05) is 48.0 Å². The summed E-state index contributed by atoms with van der Waals surface area (Å²) in [5, 5.41) is 4.05. The minimum Gasteiger partial charge on any atom is -0.266 e. The maximum Gasteiger partial charge on any atom is 0.291 e. The van der Waals surface area contributed by atoms with E-state index in [1.165, 1.54) is 10.9 Å². The second-order valence-electron chi connectivity index (χ2n) is 3.32. The molecule has 0 radical (unpaired) electrons. The molecule has 3 nitrogen and oxygen atoms in total. The molecule has 2 rings (SSSR count). The Labute approximate surface area is 108 Å². The lowest BCUT2D eigenvalue weighted by Gasteiger charge is -2.05. The Morgan fingerprint density at radius 2 is 2.12 bits per heavy atom. The molecule has 0 aliphatic rings. The van der Waals surface area contributed by atoms with E-state index in [-0.39, 0.29) is 10.0 Å². The Bertz CT molecular complexity index is 635. The maximum absolute atomic E-state index is 11.8. The summed E-state index contributed by atoms with van der Waals surface area (Å²) in [7, 11) is 0. The number of benzene rings is 1. The Balaban J connectivity index is 2.65. The van der Waals surface area contributed by atoms with Crippen molar-refractivity contribution >= 4 is 29.3 Å². The lowest BCUT2D eigenvalue weighted by Crippen LogP contribution is -2.21. The van der Waals surface area contributed by atoms with Crippen LogP contribution in [0.2, 0.25) is 10.0 Å². The van der Waals surface area contributed by atoms with Crippen molar-refractivity contribution < 1.29 is 0 Å². The predicted molar refractivity (Wildman–Crippen MR) is 69.9 cm³/mol. The summed E-state index contributed by atoms with van der Waals surface area (Å²) in [5.41, 5.74) is 1.06. The van der Waals surface area contributed by atoms with Gasteiger partial charge in [0.15, 0.2) is 0 Å². The fourth-order valence-corrected chi connectivity index (χ4v) is 1.63. The van der Waals surface area contributed by atoms with Crippen molar-refractivity contribution in [2.45, 2.75) is 0 Å².